The second-order valence-electron chi connectivity index (χ2n) is 5.01. The zero-order valence-electron chi connectivity index (χ0n) is 13.2. The Hall–Kier alpha value is -4.01. The lowest BCUT2D eigenvalue weighted by Crippen LogP contribution is -2.08. The number of carbonyl (C=O) groups excluding carboxylic acids is 1. The number of nitro benzene ring substituents is 1. The molecule has 8 heteroatoms. The van der Waals surface area contributed by atoms with Gasteiger partial charge in [0.2, 0.25) is 0 Å². The maximum atomic E-state index is 12.0. The molecular weight excluding hydrogens is 338 g/mol. The SMILES string of the molecule is N#C/C(=C/c1ccc(OC(=O)c2ccc([N+](=O)[O-])cc2)cc1)C(O)C#N. The van der Waals surface area contributed by atoms with Crippen molar-refractivity contribution >= 4 is 17.7 Å². The number of ether oxygens (including phenoxy) is 1. The van der Waals surface area contributed by atoms with Crippen LogP contribution < -0.4 is 4.74 Å². The molecule has 0 bridgehead atoms. The lowest BCUT2D eigenvalue weighted by atomic mass is 10.1. The molecule has 0 heterocycles. The second-order valence-corrected chi connectivity index (χ2v) is 5.01. The van der Waals surface area contributed by atoms with Crippen LogP contribution in [0.25, 0.3) is 6.08 Å². The number of non-ortho nitro benzene ring substituents is 1. The smallest absolute Gasteiger partial charge is 0.343 e. The van der Waals surface area contributed by atoms with Crippen molar-refractivity contribution in [2.24, 2.45) is 0 Å². The fraction of sp³-hybridized carbons (Fsp3) is 0.0556. The Morgan fingerprint density at radius 3 is 2.27 bits per heavy atom. The summed E-state index contributed by atoms with van der Waals surface area (Å²) in [6.45, 7) is 0. The van der Waals surface area contributed by atoms with Crippen molar-refractivity contribution in [2.75, 3.05) is 0 Å². The van der Waals surface area contributed by atoms with Gasteiger partial charge in [0, 0.05) is 12.1 Å². The number of nitriles is 2. The predicted octanol–water partition coefficient (Wildman–Crippen LogP) is 2.61. The molecular formula is C18H11N3O5. The third-order valence-electron chi connectivity index (χ3n) is 3.27. The number of aliphatic hydroxyl groups is 1. The van der Waals surface area contributed by atoms with Gasteiger partial charge in [-0.15, -0.1) is 0 Å². The van der Waals surface area contributed by atoms with Crippen molar-refractivity contribution in [1.82, 2.24) is 0 Å². The number of nitro groups is 1. The van der Waals surface area contributed by atoms with Gasteiger partial charge in [-0.2, -0.15) is 10.5 Å². The van der Waals surface area contributed by atoms with E-state index in [0.717, 1.165) is 0 Å². The molecule has 0 aliphatic carbocycles. The van der Waals surface area contributed by atoms with E-state index in [9.17, 15) is 20.0 Å². The molecule has 8 nitrogen and oxygen atoms in total. The first kappa shape index (κ1) is 18.3. The maximum Gasteiger partial charge on any atom is 0.343 e. The first-order chi connectivity index (χ1) is 12.4. The zero-order valence-corrected chi connectivity index (χ0v) is 13.2. The van der Waals surface area contributed by atoms with E-state index in [4.69, 9.17) is 15.3 Å². The van der Waals surface area contributed by atoms with Crippen LogP contribution in [-0.4, -0.2) is 22.1 Å². The molecule has 1 atom stereocenters. The van der Waals surface area contributed by atoms with Gasteiger partial charge in [0.15, 0.2) is 6.10 Å². The molecule has 0 saturated carbocycles. The van der Waals surface area contributed by atoms with Crippen LogP contribution in [0.15, 0.2) is 54.1 Å². The summed E-state index contributed by atoms with van der Waals surface area (Å²) in [5, 5.41) is 37.5. The molecule has 0 spiro atoms. The zero-order chi connectivity index (χ0) is 19.1. The van der Waals surface area contributed by atoms with Crippen molar-refractivity contribution in [3.63, 3.8) is 0 Å². The molecule has 2 aromatic carbocycles. The van der Waals surface area contributed by atoms with Gasteiger partial charge in [-0.1, -0.05) is 12.1 Å². The minimum atomic E-state index is -1.51. The minimum absolute atomic E-state index is 0.108. The summed E-state index contributed by atoms with van der Waals surface area (Å²) >= 11 is 0. The third-order valence-corrected chi connectivity index (χ3v) is 3.27. The molecule has 0 aromatic heterocycles. The standard InChI is InChI=1S/C18H11N3O5/c19-10-14(17(22)11-20)9-12-1-7-16(8-2-12)26-18(23)13-3-5-15(6-4-13)21(24)25/h1-9,17,22H/b14-9-. The molecule has 0 saturated heterocycles. The van der Waals surface area contributed by atoms with Crippen molar-refractivity contribution < 1.29 is 19.6 Å². The van der Waals surface area contributed by atoms with E-state index >= 15 is 0 Å². The molecule has 128 valence electrons. The van der Waals surface area contributed by atoms with Crippen molar-refractivity contribution in [3.05, 3.63) is 75.3 Å². The summed E-state index contributed by atoms with van der Waals surface area (Å²) in [6, 6.07) is 14.3. The van der Waals surface area contributed by atoms with Crippen LogP contribution in [-0.2, 0) is 0 Å². The van der Waals surface area contributed by atoms with Crippen LogP contribution in [0.4, 0.5) is 5.69 Å². The van der Waals surface area contributed by atoms with E-state index in [1.165, 1.54) is 42.5 Å². The molecule has 1 unspecified atom stereocenters. The van der Waals surface area contributed by atoms with Gasteiger partial charge in [0.1, 0.15) is 5.75 Å². The van der Waals surface area contributed by atoms with Crippen LogP contribution in [0.3, 0.4) is 0 Å². The number of aliphatic hydroxyl groups excluding tert-OH is 1. The Morgan fingerprint density at radius 1 is 1.15 bits per heavy atom. The van der Waals surface area contributed by atoms with E-state index in [-0.39, 0.29) is 22.6 Å². The quantitative estimate of drug-likeness (QED) is 0.219. The third kappa shape index (κ3) is 4.51. The highest BCUT2D eigenvalue weighted by Crippen LogP contribution is 2.18. The molecule has 0 amide bonds. The number of carbonyl (C=O) groups is 1. The number of hydrogen-bond donors (Lipinski definition) is 1. The van der Waals surface area contributed by atoms with Crippen molar-refractivity contribution in [1.29, 1.82) is 10.5 Å². The summed E-state index contributed by atoms with van der Waals surface area (Å²) in [4.78, 5) is 22.0. The lowest BCUT2D eigenvalue weighted by Gasteiger charge is -2.05. The fourth-order valence-corrected chi connectivity index (χ4v) is 1.94. The summed E-state index contributed by atoms with van der Waals surface area (Å²) in [5.41, 5.74) is 0.447. The van der Waals surface area contributed by atoms with E-state index in [1.807, 2.05) is 0 Å². The highest BCUT2D eigenvalue weighted by molar-refractivity contribution is 5.91. The Morgan fingerprint density at radius 2 is 1.77 bits per heavy atom. The van der Waals surface area contributed by atoms with E-state index in [1.54, 1.807) is 24.3 Å². The van der Waals surface area contributed by atoms with E-state index in [0.29, 0.717) is 5.56 Å². The fourth-order valence-electron chi connectivity index (χ4n) is 1.94. The molecule has 1 N–H and O–H groups in total. The molecule has 0 aliphatic rings. The second kappa shape index (κ2) is 8.20. The molecule has 0 fully saturated rings. The van der Waals surface area contributed by atoms with Crippen LogP contribution >= 0.6 is 0 Å². The maximum absolute atomic E-state index is 12.0. The molecule has 2 rings (SSSR count). The topological polar surface area (TPSA) is 137 Å². The summed E-state index contributed by atoms with van der Waals surface area (Å²) in [6.07, 6.45) is -0.171. The first-order valence-electron chi connectivity index (χ1n) is 7.20. The number of benzene rings is 2. The van der Waals surface area contributed by atoms with Gasteiger partial charge in [0.05, 0.1) is 28.2 Å². The highest BCUT2D eigenvalue weighted by Gasteiger charge is 2.12. The summed E-state index contributed by atoms with van der Waals surface area (Å²) in [5.74, 6) is -0.453. The van der Waals surface area contributed by atoms with E-state index < -0.39 is 17.0 Å². The predicted molar refractivity (Wildman–Crippen MR) is 89.7 cm³/mol. The first-order valence-corrected chi connectivity index (χ1v) is 7.20. The average molecular weight is 349 g/mol. The monoisotopic (exact) mass is 349 g/mol. The van der Waals surface area contributed by atoms with Crippen LogP contribution in [0.2, 0.25) is 0 Å². The molecule has 2 aromatic rings. The van der Waals surface area contributed by atoms with Gasteiger partial charge in [-0.3, -0.25) is 10.1 Å². The van der Waals surface area contributed by atoms with Crippen LogP contribution in [0, 0.1) is 32.8 Å². The molecule has 0 aliphatic heterocycles. The average Bonchev–Trinajstić information content (AvgIpc) is 2.66. The Labute approximate surface area is 147 Å². The normalized spacial score (nSPS) is 11.7. The number of hydrogen-bond acceptors (Lipinski definition) is 7. The number of esters is 1. The van der Waals surface area contributed by atoms with Crippen LogP contribution in [0.5, 0.6) is 5.75 Å². The molecule has 0 radical (unpaired) electrons. The summed E-state index contributed by atoms with van der Waals surface area (Å²) in [7, 11) is 0. The van der Waals surface area contributed by atoms with Gasteiger partial charge in [-0.25, -0.2) is 4.79 Å². The summed E-state index contributed by atoms with van der Waals surface area (Å²) < 4.78 is 5.16. The van der Waals surface area contributed by atoms with Gasteiger partial charge in [0.25, 0.3) is 5.69 Å². The number of nitrogens with zero attached hydrogens (tertiary/aromatic N) is 3. The van der Waals surface area contributed by atoms with Crippen LogP contribution in [0.1, 0.15) is 15.9 Å². The minimum Gasteiger partial charge on any atom is -0.423 e. The van der Waals surface area contributed by atoms with Gasteiger partial charge in [-0.05, 0) is 35.9 Å². The van der Waals surface area contributed by atoms with Crippen molar-refractivity contribution in [2.45, 2.75) is 6.10 Å². The van der Waals surface area contributed by atoms with E-state index in [2.05, 4.69) is 0 Å². The van der Waals surface area contributed by atoms with Crippen molar-refractivity contribution in [3.8, 4) is 17.9 Å². The Bertz CT molecular complexity index is 935. The highest BCUT2D eigenvalue weighted by atomic mass is 16.6. The van der Waals surface area contributed by atoms with Gasteiger partial charge >= 0.3 is 5.97 Å². The lowest BCUT2D eigenvalue weighted by molar-refractivity contribution is -0.384. The Balaban J connectivity index is 2.10. The largest absolute Gasteiger partial charge is 0.423 e. The number of rotatable bonds is 5. The Kier molecular flexibility index (Phi) is 5.78. The molecule has 26 heavy (non-hydrogen) atoms. The van der Waals surface area contributed by atoms with Gasteiger partial charge < -0.3 is 9.84 Å².